The maximum absolute atomic E-state index is 11.9. The van der Waals surface area contributed by atoms with Crippen LogP contribution in [0.3, 0.4) is 0 Å². The van der Waals surface area contributed by atoms with Gasteiger partial charge >= 0.3 is 6.09 Å². The van der Waals surface area contributed by atoms with E-state index in [9.17, 15) is 4.79 Å². The van der Waals surface area contributed by atoms with E-state index in [0.29, 0.717) is 32.1 Å². The van der Waals surface area contributed by atoms with E-state index >= 15 is 0 Å². The van der Waals surface area contributed by atoms with Gasteiger partial charge in [-0.25, -0.2) is 14.8 Å². The molecule has 0 bridgehead atoms. The Hall–Kier alpha value is -2.14. The Morgan fingerprint density at radius 1 is 1.30 bits per heavy atom. The maximum Gasteiger partial charge on any atom is 0.410 e. The van der Waals surface area contributed by atoms with Crippen LogP contribution in [0.15, 0.2) is 6.33 Å². The summed E-state index contributed by atoms with van der Waals surface area (Å²) in [4.78, 5) is 27.5. The molecule has 0 N–H and O–H groups in total. The van der Waals surface area contributed by atoms with Crippen LogP contribution in [0.2, 0.25) is 5.28 Å². The van der Waals surface area contributed by atoms with E-state index in [2.05, 4.69) is 15.0 Å². The molecule has 1 amide bonds. The number of nitriles is 1. The smallest absolute Gasteiger partial charge is 0.410 e. The van der Waals surface area contributed by atoms with Crippen molar-refractivity contribution < 1.29 is 9.53 Å². The summed E-state index contributed by atoms with van der Waals surface area (Å²) in [6, 6.07) is 1.75. The quantitative estimate of drug-likeness (QED) is 0.772. The number of anilines is 1. The first-order valence-electron chi connectivity index (χ1n) is 7.15. The third-order valence-electron chi connectivity index (χ3n) is 2.74. The highest BCUT2D eigenvalue weighted by atomic mass is 35.5. The molecule has 1 aliphatic heterocycles. The van der Waals surface area contributed by atoms with Crippen LogP contribution in [-0.2, 0) is 4.74 Å². The van der Waals surface area contributed by atoms with Crippen molar-refractivity contribution >= 4 is 23.6 Å². The predicted octanol–water partition coefficient (Wildman–Crippen LogP) is 2.11. The van der Waals surface area contributed by atoms with E-state index in [4.69, 9.17) is 21.6 Å². The molecule has 0 atom stereocenters. The Kier molecular flexibility index (Phi) is 6.97. The Bertz CT molecular complexity index is 561. The van der Waals surface area contributed by atoms with Gasteiger partial charge in [-0.2, -0.15) is 10.2 Å². The highest BCUT2D eigenvalue weighted by Gasteiger charge is 2.26. The van der Waals surface area contributed by atoms with Crippen LogP contribution in [0.5, 0.6) is 0 Å². The van der Waals surface area contributed by atoms with Crippen LogP contribution in [0.25, 0.3) is 0 Å². The number of hydrogen-bond acceptors (Lipinski definition) is 7. The van der Waals surface area contributed by atoms with Crippen LogP contribution in [-0.4, -0.2) is 57.7 Å². The van der Waals surface area contributed by atoms with Crippen molar-refractivity contribution in [1.82, 2.24) is 19.9 Å². The number of nitrogens with zero attached hydrogens (tertiary/aromatic N) is 6. The Balaban J connectivity index is 0.000000816. The van der Waals surface area contributed by atoms with E-state index < -0.39 is 5.60 Å². The third-order valence-corrected chi connectivity index (χ3v) is 2.93. The fourth-order valence-electron chi connectivity index (χ4n) is 1.84. The molecular formula is C14H21ClN6O2. The lowest BCUT2D eigenvalue weighted by Crippen LogP contribution is -2.50. The van der Waals surface area contributed by atoms with Gasteiger partial charge in [-0.3, -0.25) is 0 Å². The molecule has 1 saturated heterocycles. The van der Waals surface area contributed by atoms with Gasteiger partial charge < -0.3 is 14.5 Å². The van der Waals surface area contributed by atoms with Gasteiger partial charge in [0.15, 0.2) is 0 Å². The van der Waals surface area contributed by atoms with Crippen LogP contribution < -0.4 is 4.90 Å². The summed E-state index contributed by atoms with van der Waals surface area (Å²) < 4.78 is 5.34. The molecule has 23 heavy (non-hydrogen) atoms. The molecule has 0 unspecified atom stereocenters. The standard InChI is InChI=1S/C12H18ClN5O2.C2H3N/c1-12(2,3)20-11(19)18-6-4-17(5-7-18)10-15-8-14-9(13)16-10;1-2-3/h8H,4-7H2,1-3H3;1H3. The first-order chi connectivity index (χ1) is 10.8. The monoisotopic (exact) mass is 340 g/mol. The summed E-state index contributed by atoms with van der Waals surface area (Å²) in [5.74, 6) is 0.536. The minimum atomic E-state index is -0.476. The summed E-state index contributed by atoms with van der Waals surface area (Å²) in [6.45, 7) is 9.41. The average Bonchev–Trinajstić information content (AvgIpc) is 2.46. The van der Waals surface area contributed by atoms with E-state index in [-0.39, 0.29) is 11.4 Å². The lowest BCUT2D eigenvalue weighted by molar-refractivity contribution is 0.0240. The Morgan fingerprint density at radius 3 is 2.35 bits per heavy atom. The topological polar surface area (TPSA) is 95.2 Å². The van der Waals surface area contributed by atoms with Crippen molar-refractivity contribution in [2.45, 2.75) is 33.3 Å². The zero-order chi connectivity index (χ0) is 17.5. The summed E-state index contributed by atoms with van der Waals surface area (Å²) in [5, 5.41) is 7.49. The number of piperazine rings is 1. The van der Waals surface area contributed by atoms with Gasteiger partial charge in [0, 0.05) is 33.1 Å². The summed E-state index contributed by atoms with van der Waals surface area (Å²) in [5.41, 5.74) is -0.476. The SMILES string of the molecule is CC#N.CC(C)(C)OC(=O)N1CCN(c2ncnc(Cl)n2)CC1. The lowest BCUT2D eigenvalue weighted by Gasteiger charge is -2.35. The minimum absolute atomic E-state index is 0.171. The fourth-order valence-corrected chi connectivity index (χ4v) is 1.96. The number of carbonyl (C=O) groups excluding carboxylic acids is 1. The third kappa shape index (κ3) is 6.65. The van der Waals surface area contributed by atoms with Crippen molar-refractivity contribution in [3.05, 3.63) is 11.6 Å². The number of halogens is 1. The highest BCUT2D eigenvalue weighted by Crippen LogP contribution is 2.15. The van der Waals surface area contributed by atoms with Crippen LogP contribution in [0.4, 0.5) is 10.7 Å². The average molecular weight is 341 g/mol. The Labute approximate surface area is 141 Å². The van der Waals surface area contributed by atoms with Gasteiger partial charge in [0.25, 0.3) is 0 Å². The van der Waals surface area contributed by atoms with Crippen LogP contribution >= 0.6 is 11.6 Å². The summed E-state index contributed by atoms with van der Waals surface area (Å²) >= 11 is 5.74. The second kappa shape index (κ2) is 8.48. The van der Waals surface area contributed by atoms with Crippen molar-refractivity contribution in [2.75, 3.05) is 31.1 Å². The molecule has 2 heterocycles. The molecule has 126 valence electrons. The largest absolute Gasteiger partial charge is 0.444 e. The van der Waals surface area contributed by atoms with Crippen molar-refractivity contribution in [3.8, 4) is 6.07 Å². The zero-order valence-corrected chi connectivity index (χ0v) is 14.5. The van der Waals surface area contributed by atoms with Gasteiger partial charge in [-0.05, 0) is 32.4 Å². The summed E-state index contributed by atoms with van der Waals surface area (Å²) in [6.07, 6.45) is 1.09. The highest BCUT2D eigenvalue weighted by molar-refractivity contribution is 6.28. The van der Waals surface area contributed by atoms with Gasteiger partial charge in [0.1, 0.15) is 11.9 Å². The minimum Gasteiger partial charge on any atom is -0.444 e. The molecule has 0 spiro atoms. The van der Waals surface area contributed by atoms with E-state index in [1.807, 2.05) is 25.7 Å². The molecule has 8 nitrogen and oxygen atoms in total. The molecule has 1 aromatic rings. The van der Waals surface area contributed by atoms with Gasteiger partial charge in [-0.15, -0.1) is 0 Å². The predicted molar refractivity (Wildman–Crippen MR) is 86.1 cm³/mol. The number of rotatable bonds is 1. The second-order valence-electron chi connectivity index (χ2n) is 5.73. The van der Waals surface area contributed by atoms with Crippen LogP contribution in [0, 0.1) is 11.3 Å². The maximum atomic E-state index is 11.9. The molecule has 2 rings (SSSR count). The first-order valence-corrected chi connectivity index (χ1v) is 7.53. The molecule has 0 saturated carbocycles. The van der Waals surface area contributed by atoms with E-state index in [1.54, 1.807) is 11.0 Å². The number of amides is 1. The van der Waals surface area contributed by atoms with Crippen LogP contribution in [0.1, 0.15) is 27.7 Å². The number of carbonyl (C=O) groups is 1. The van der Waals surface area contributed by atoms with Gasteiger partial charge in [0.2, 0.25) is 11.2 Å². The molecular weight excluding hydrogens is 320 g/mol. The molecule has 9 heteroatoms. The van der Waals surface area contributed by atoms with Crippen molar-refractivity contribution in [2.24, 2.45) is 0 Å². The molecule has 0 radical (unpaired) electrons. The molecule has 1 fully saturated rings. The van der Waals surface area contributed by atoms with Crippen molar-refractivity contribution in [3.63, 3.8) is 0 Å². The lowest BCUT2D eigenvalue weighted by atomic mass is 10.2. The first kappa shape index (κ1) is 18.9. The van der Waals surface area contributed by atoms with E-state index in [0.717, 1.165) is 0 Å². The normalized spacial score (nSPS) is 14.4. The van der Waals surface area contributed by atoms with E-state index in [1.165, 1.54) is 13.3 Å². The number of aromatic nitrogens is 3. The van der Waals surface area contributed by atoms with Crippen molar-refractivity contribution in [1.29, 1.82) is 5.26 Å². The van der Waals surface area contributed by atoms with Gasteiger partial charge in [-0.1, -0.05) is 0 Å². The number of hydrogen-bond donors (Lipinski definition) is 0. The molecule has 1 aromatic heterocycles. The fraction of sp³-hybridized carbons (Fsp3) is 0.643. The zero-order valence-electron chi connectivity index (χ0n) is 13.8. The molecule has 1 aliphatic rings. The second-order valence-corrected chi connectivity index (χ2v) is 6.07. The Morgan fingerprint density at radius 2 is 1.87 bits per heavy atom. The number of ether oxygens (including phenoxy) is 1. The molecule has 0 aromatic carbocycles. The summed E-state index contributed by atoms with van der Waals surface area (Å²) in [7, 11) is 0. The molecule has 0 aliphatic carbocycles. The van der Waals surface area contributed by atoms with Gasteiger partial charge in [0.05, 0.1) is 6.07 Å².